The summed E-state index contributed by atoms with van der Waals surface area (Å²) in [4.78, 5) is 38.0. The van der Waals surface area contributed by atoms with Crippen molar-refractivity contribution in [1.82, 2.24) is 5.32 Å². The van der Waals surface area contributed by atoms with Crippen LogP contribution in [0, 0.1) is 0 Å². The van der Waals surface area contributed by atoms with Crippen molar-refractivity contribution >= 4 is 51.5 Å². The predicted octanol–water partition coefficient (Wildman–Crippen LogP) is 7.82. The van der Waals surface area contributed by atoms with Crippen molar-refractivity contribution in [3.8, 4) is 5.75 Å². The molecular weight excluding hydrogens is 526 g/mol. The summed E-state index contributed by atoms with van der Waals surface area (Å²) in [5.74, 6) is -1.29. The molecule has 8 heteroatoms. The van der Waals surface area contributed by atoms with Crippen molar-refractivity contribution in [2.24, 2.45) is 0 Å². The van der Waals surface area contributed by atoms with Gasteiger partial charge in [-0.1, -0.05) is 100 Å². The molecule has 0 fully saturated rings. The molecule has 0 heterocycles. The number of hydrogen-bond donors (Lipinski definition) is 4. The number of aromatic hydroxyl groups is 1. The lowest BCUT2D eigenvalue weighted by atomic mass is 10.0. The van der Waals surface area contributed by atoms with Gasteiger partial charge >= 0.3 is 0 Å². The highest BCUT2D eigenvalue weighted by atomic mass is 35.5. The lowest BCUT2D eigenvalue weighted by molar-refractivity contribution is -0.117. The van der Waals surface area contributed by atoms with Crippen LogP contribution >= 0.6 is 11.6 Å². The molecular formula is C32H40ClN3O4. The highest BCUT2D eigenvalue weighted by molar-refractivity contribution is 6.34. The molecule has 0 spiro atoms. The van der Waals surface area contributed by atoms with Gasteiger partial charge in [0.05, 0.1) is 16.3 Å². The molecule has 0 bridgehead atoms. The first-order valence-corrected chi connectivity index (χ1v) is 14.6. The Morgan fingerprint density at radius 1 is 0.850 bits per heavy atom. The van der Waals surface area contributed by atoms with E-state index < -0.39 is 17.9 Å². The van der Waals surface area contributed by atoms with Crippen molar-refractivity contribution in [3.63, 3.8) is 0 Å². The maximum atomic E-state index is 12.8. The van der Waals surface area contributed by atoms with Crippen LogP contribution in [0.4, 0.5) is 11.4 Å². The van der Waals surface area contributed by atoms with Crippen LogP contribution in [0.2, 0.25) is 5.02 Å². The van der Waals surface area contributed by atoms with Crippen molar-refractivity contribution in [2.45, 2.75) is 84.1 Å². The summed E-state index contributed by atoms with van der Waals surface area (Å²) >= 11 is 6.28. The first-order valence-electron chi connectivity index (χ1n) is 14.2. The summed E-state index contributed by atoms with van der Waals surface area (Å²) in [6.07, 6.45) is 11.1. The summed E-state index contributed by atoms with van der Waals surface area (Å²) in [6, 6.07) is 14.4. The second-order valence-corrected chi connectivity index (χ2v) is 10.6. The van der Waals surface area contributed by atoms with E-state index >= 15 is 0 Å². The van der Waals surface area contributed by atoms with Crippen molar-refractivity contribution in [1.29, 1.82) is 0 Å². The molecule has 3 amide bonds. The van der Waals surface area contributed by atoms with Crippen LogP contribution in [0.3, 0.4) is 0 Å². The number of phenols is 1. The lowest BCUT2D eigenvalue weighted by Gasteiger charge is -2.16. The molecule has 1 atom stereocenters. The summed E-state index contributed by atoms with van der Waals surface area (Å²) in [5, 5.41) is 20.4. The average Bonchev–Trinajstić information content (AvgIpc) is 2.94. The Labute approximate surface area is 241 Å². The second-order valence-electron chi connectivity index (χ2n) is 10.2. The maximum absolute atomic E-state index is 12.8. The molecule has 0 aliphatic rings. The molecule has 0 aliphatic heterocycles. The fourth-order valence-electron chi connectivity index (χ4n) is 4.54. The van der Waals surface area contributed by atoms with Crippen LogP contribution < -0.4 is 16.0 Å². The van der Waals surface area contributed by atoms with Gasteiger partial charge in [-0.25, -0.2) is 0 Å². The van der Waals surface area contributed by atoms with Crippen molar-refractivity contribution < 1.29 is 19.5 Å². The second kappa shape index (κ2) is 15.9. The minimum absolute atomic E-state index is 0.0769. The average molecular weight is 566 g/mol. The number of benzene rings is 3. The zero-order valence-corrected chi connectivity index (χ0v) is 24.2. The number of phenolic OH excluding ortho intramolecular Hbond substituents is 1. The molecule has 7 nitrogen and oxygen atoms in total. The minimum Gasteiger partial charge on any atom is -0.506 e. The molecule has 4 N–H and O–H groups in total. The number of anilines is 2. The molecule has 0 saturated heterocycles. The largest absolute Gasteiger partial charge is 0.506 e. The normalized spacial score (nSPS) is 11.7. The number of carbonyl (C=O) groups excluding carboxylic acids is 3. The van der Waals surface area contributed by atoms with E-state index in [9.17, 15) is 19.5 Å². The van der Waals surface area contributed by atoms with Gasteiger partial charge < -0.3 is 21.1 Å². The third-order valence-corrected chi connectivity index (χ3v) is 7.23. The van der Waals surface area contributed by atoms with E-state index in [1.54, 1.807) is 36.4 Å². The molecule has 0 saturated carbocycles. The fraction of sp³-hybridized carbons (Fsp3) is 0.406. The standard InChI is InChI=1S/C32H40ClN3O4/c1-3-4-5-6-7-8-9-10-11-16-29(37)35-24-18-20-27(33)28(21-24)36-31(39)22(2)34-32(40)26-19-17-23-14-12-13-15-25(23)30(26)38/h12-15,17-22,38H,3-11,16H2,1-2H3,(H,34,40)(H,35,37)(H,36,39). The van der Waals surface area contributed by atoms with Crippen LogP contribution in [0.5, 0.6) is 5.75 Å². The molecule has 214 valence electrons. The number of hydrogen-bond acceptors (Lipinski definition) is 4. The third kappa shape index (κ3) is 9.26. The Kier molecular flexibility index (Phi) is 12.3. The van der Waals surface area contributed by atoms with Crippen LogP contribution in [0.1, 0.15) is 88.4 Å². The van der Waals surface area contributed by atoms with E-state index in [0.717, 1.165) is 24.6 Å². The SMILES string of the molecule is CCCCCCCCCCCC(=O)Nc1ccc(Cl)c(NC(=O)C(C)NC(=O)c2ccc3ccccc3c2O)c1. The van der Waals surface area contributed by atoms with Gasteiger partial charge in [0.15, 0.2) is 0 Å². The van der Waals surface area contributed by atoms with E-state index in [-0.39, 0.29) is 17.2 Å². The van der Waals surface area contributed by atoms with Gasteiger partial charge in [-0.3, -0.25) is 14.4 Å². The predicted molar refractivity (Wildman–Crippen MR) is 163 cm³/mol. The zero-order chi connectivity index (χ0) is 28.9. The van der Waals surface area contributed by atoms with Gasteiger partial charge in [0.25, 0.3) is 5.91 Å². The van der Waals surface area contributed by atoms with Gasteiger partial charge in [0, 0.05) is 17.5 Å². The molecule has 3 aromatic carbocycles. The third-order valence-electron chi connectivity index (χ3n) is 6.90. The number of fused-ring (bicyclic) bond motifs is 1. The number of halogens is 1. The Balaban J connectivity index is 1.47. The number of nitrogens with one attached hydrogen (secondary N) is 3. The van der Waals surface area contributed by atoms with Gasteiger partial charge in [-0.15, -0.1) is 0 Å². The lowest BCUT2D eigenvalue weighted by Crippen LogP contribution is -2.41. The molecule has 40 heavy (non-hydrogen) atoms. The molecule has 0 aliphatic carbocycles. The first kappa shape index (κ1) is 31.0. The van der Waals surface area contributed by atoms with E-state index in [1.807, 2.05) is 12.1 Å². The van der Waals surface area contributed by atoms with Gasteiger partial charge in [0.2, 0.25) is 11.8 Å². The fourth-order valence-corrected chi connectivity index (χ4v) is 4.70. The van der Waals surface area contributed by atoms with E-state index in [0.29, 0.717) is 28.2 Å². The summed E-state index contributed by atoms with van der Waals surface area (Å²) in [5.41, 5.74) is 0.925. The minimum atomic E-state index is -0.917. The highest BCUT2D eigenvalue weighted by Crippen LogP contribution is 2.29. The molecule has 3 rings (SSSR count). The van der Waals surface area contributed by atoms with Crippen LogP contribution in [0.25, 0.3) is 10.8 Å². The van der Waals surface area contributed by atoms with Crippen LogP contribution in [-0.2, 0) is 9.59 Å². The van der Waals surface area contributed by atoms with E-state index in [1.165, 1.54) is 51.5 Å². The van der Waals surface area contributed by atoms with Gasteiger partial charge in [-0.2, -0.15) is 0 Å². The smallest absolute Gasteiger partial charge is 0.255 e. The highest BCUT2D eigenvalue weighted by Gasteiger charge is 2.20. The van der Waals surface area contributed by atoms with Gasteiger partial charge in [-0.05, 0) is 43.0 Å². The Morgan fingerprint density at radius 2 is 1.52 bits per heavy atom. The summed E-state index contributed by atoms with van der Waals surface area (Å²) in [6.45, 7) is 3.76. The molecule has 1 unspecified atom stereocenters. The topological polar surface area (TPSA) is 108 Å². The maximum Gasteiger partial charge on any atom is 0.255 e. The number of carbonyl (C=O) groups is 3. The Bertz CT molecular complexity index is 1310. The number of amides is 3. The van der Waals surface area contributed by atoms with E-state index in [4.69, 9.17) is 11.6 Å². The molecule has 3 aromatic rings. The Hall–Kier alpha value is -3.58. The number of unbranched alkanes of at least 4 members (excludes halogenated alkanes) is 8. The Morgan fingerprint density at radius 3 is 2.25 bits per heavy atom. The zero-order valence-electron chi connectivity index (χ0n) is 23.4. The summed E-state index contributed by atoms with van der Waals surface area (Å²) < 4.78 is 0. The van der Waals surface area contributed by atoms with E-state index in [2.05, 4.69) is 22.9 Å². The van der Waals surface area contributed by atoms with Crippen molar-refractivity contribution in [2.75, 3.05) is 10.6 Å². The molecule has 0 aromatic heterocycles. The van der Waals surface area contributed by atoms with Crippen LogP contribution in [-0.4, -0.2) is 28.9 Å². The summed E-state index contributed by atoms with van der Waals surface area (Å²) in [7, 11) is 0. The van der Waals surface area contributed by atoms with Gasteiger partial charge in [0.1, 0.15) is 11.8 Å². The quantitative estimate of drug-likeness (QED) is 0.141. The van der Waals surface area contributed by atoms with Crippen molar-refractivity contribution in [3.05, 3.63) is 65.2 Å². The van der Waals surface area contributed by atoms with Crippen LogP contribution in [0.15, 0.2) is 54.6 Å². The molecule has 0 radical (unpaired) electrons. The first-order chi connectivity index (χ1) is 19.3. The number of rotatable bonds is 15. The monoisotopic (exact) mass is 565 g/mol.